The first-order valence-corrected chi connectivity index (χ1v) is 11.8. The van der Waals surface area contributed by atoms with Crippen molar-refractivity contribution in [1.82, 2.24) is 23.9 Å². The summed E-state index contributed by atoms with van der Waals surface area (Å²) in [5.41, 5.74) is 0.770. The lowest BCUT2D eigenvalue weighted by molar-refractivity contribution is -0.134. The van der Waals surface area contributed by atoms with Crippen molar-refractivity contribution in [2.24, 2.45) is 0 Å². The van der Waals surface area contributed by atoms with Crippen molar-refractivity contribution in [1.29, 1.82) is 0 Å². The number of fused-ring (bicyclic) bond motifs is 1. The minimum Gasteiger partial charge on any atom is -0.395 e. The molecule has 0 saturated carbocycles. The maximum absolute atomic E-state index is 14.2. The molecule has 13 heteroatoms. The van der Waals surface area contributed by atoms with Crippen LogP contribution in [0, 0.1) is 18.6 Å². The van der Waals surface area contributed by atoms with Gasteiger partial charge >= 0.3 is 0 Å². The van der Waals surface area contributed by atoms with Gasteiger partial charge < -0.3 is 10.0 Å². The molecule has 34 heavy (non-hydrogen) atoms. The Bertz CT molecular complexity index is 1330. The van der Waals surface area contributed by atoms with E-state index in [1.807, 2.05) is 0 Å². The first-order chi connectivity index (χ1) is 16.0. The lowest BCUT2D eigenvalue weighted by Gasteiger charge is -2.22. The van der Waals surface area contributed by atoms with Gasteiger partial charge in [-0.25, -0.2) is 13.2 Å². The third-order valence-electron chi connectivity index (χ3n) is 5.71. The van der Waals surface area contributed by atoms with Crippen molar-refractivity contribution in [2.45, 2.75) is 50.5 Å². The van der Waals surface area contributed by atoms with E-state index in [4.69, 9.17) is 0 Å². The molecule has 4 rings (SSSR count). The maximum atomic E-state index is 14.2. The Labute approximate surface area is 193 Å². The molecule has 0 aliphatic carbocycles. The number of carbonyl (C=O) groups excluding carboxylic acids is 1. The number of nitrogens with zero attached hydrogens (tertiary/aromatic N) is 5. The number of hydrogen-bond donors (Lipinski definition) is 1. The third-order valence-corrected chi connectivity index (χ3v) is 7.35. The highest BCUT2D eigenvalue weighted by molar-refractivity contribution is 7.89. The summed E-state index contributed by atoms with van der Waals surface area (Å²) in [6, 6.07) is 3.39. The van der Waals surface area contributed by atoms with E-state index in [0.29, 0.717) is 11.3 Å². The van der Waals surface area contributed by atoms with Crippen molar-refractivity contribution < 1.29 is 31.5 Å². The Morgan fingerprint density at radius 1 is 1.26 bits per heavy atom. The fraction of sp³-hybridized carbons (Fsp3) is 0.381. The van der Waals surface area contributed by atoms with Crippen LogP contribution in [-0.2, 0) is 34.5 Å². The zero-order valence-electron chi connectivity index (χ0n) is 18.3. The fourth-order valence-electron chi connectivity index (χ4n) is 3.93. The van der Waals surface area contributed by atoms with Crippen molar-refractivity contribution in [3.05, 3.63) is 64.7 Å². The number of amides is 1. The molecule has 1 unspecified atom stereocenters. The standard InChI is InChI=1S/C21H22F3N5O4S/c1-12(22)7-28-13(2)19(6-25-28)34(32,33)29-9-14-8-27(10-18(14)26-29)21(31)16(11-30)15-4-3-5-17(23)20(15)24/h3-6,9,12,16,30H,7-8,10-11H2,1-2H3/t12?,16-/m1/s1. The number of halogens is 3. The molecule has 3 aromatic rings. The van der Waals surface area contributed by atoms with Gasteiger partial charge in [-0.3, -0.25) is 9.48 Å². The predicted octanol–water partition coefficient (Wildman–Crippen LogP) is 1.88. The highest BCUT2D eigenvalue weighted by Gasteiger charge is 2.35. The second-order valence-corrected chi connectivity index (χ2v) is 9.87. The van der Waals surface area contributed by atoms with E-state index >= 15 is 0 Å². The smallest absolute Gasteiger partial charge is 0.286 e. The van der Waals surface area contributed by atoms with Gasteiger partial charge in [0.25, 0.3) is 10.0 Å². The molecule has 0 radical (unpaired) electrons. The minimum atomic E-state index is -4.11. The number of aromatic nitrogens is 4. The van der Waals surface area contributed by atoms with Gasteiger partial charge in [-0.1, -0.05) is 12.1 Å². The van der Waals surface area contributed by atoms with Crippen LogP contribution in [0.2, 0.25) is 0 Å². The quantitative estimate of drug-likeness (QED) is 0.534. The molecule has 2 atom stereocenters. The van der Waals surface area contributed by atoms with Crippen molar-refractivity contribution in [3.8, 4) is 0 Å². The number of aliphatic hydroxyl groups excluding tert-OH is 1. The lowest BCUT2D eigenvalue weighted by Crippen LogP contribution is -2.33. The maximum Gasteiger partial charge on any atom is 0.286 e. The van der Waals surface area contributed by atoms with Crippen molar-refractivity contribution in [2.75, 3.05) is 6.61 Å². The summed E-state index contributed by atoms with van der Waals surface area (Å²) in [7, 11) is -4.11. The molecule has 1 aliphatic rings. The van der Waals surface area contributed by atoms with Gasteiger partial charge in [0.2, 0.25) is 5.91 Å². The average Bonchev–Trinajstić information content (AvgIpc) is 3.45. The van der Waals surface area contributed by atoms with Crippen LogP contribution in [0.3, 0.4) is 0 Å². The van der Waals surface area contributed by atoms with Gasteiger partial charge in [-0.2, -0.15) is 22.7 Å². The van der Waals surface area contributed by atoms with E-state index in [2.05, 4.69) is 10.2 Å². The van der Waals surface area contributed by atoms with Crippen LogP contribution in [0.25, 0.3) is 0 Å². The highest BCUT2D eigenvalue weighted by atomic mass is 32.2. The summed E-state index contributed by atoms with van der Waals surface area (Å²) in [5.74, 6) is -4.30. The number of benzene rings is 1. The first-order valence-electron chi connectivity index (χ1n) is 10.4. The number of carbonyl (C=O) groups is 1. The van der Waals surface area contributed by atoms with Crippen molar-refractivity contribution in [3.63, 3.8) is 0 Å². The summed E-state index contributed by atoms with van der Waals surface area (Å²) in [6.07, 6.45) is 1.19. The van der Waals surface area contributed by atoms with Crippen LogP contribution >= 0.6 is 0 Å². The molecule has 0 bridgehead atoms. The molecule has 0 spiro atoms. The fourth-order valence-corrected chi connectivity index (χ4v) is 5.26. The van der Waals surface area contributed by atoms with Gasteiger partial charge in [0, 0.05) is 23.9 Å². The molecule has 1 aromatic carbocycles. The molecule has 182 valence electrons. The second kappa shape index (κ2) is 8.87. The van der Waals surface area contributed by atoms with Gasteiger partial charge in [0.05, 0.1) is 43.2 Å². The lowest BCUT2D eigenvalue weighted by atomic mass is 9.97. The van der Waals surface area contributed by atoms with Gasteiger partial charge in [0.1, 0.15) is 11.1 Å². The van der Waals surface area contributed by atoms with E-state index in [1.54, 1.807) is 0 Å². The summed E-state index contributed by atoms with van der Waals surface area (Å²) >= 11 is 0. The Hall–Kier alpha value is -3.19. The molecule has 1 N–H and O–H groups in total. The Balaban J connectivity index is 1.55. The van der Waals surface area contributed by atoms with Crippen LogP contribution in [0.15, 0.2) is 35.5 Å². The molecule has 9 nitrogen and oxygen atoms in total. The molecule has 0 saturated heterocycles. The number of alkyl halides is 1. The van der Waals surface area contributed by atoms with E-state index < -0.39 is 46.3 Å². The van der Waals surface area contributed by atoms with Crippen LogP contribution in [0.1, 0.15) is 35.4 Å². The SMILES string of the molecule is Cc1c(S(=O)(=O)n2cc3c(n2)CN(C(=O)[C@H](CO)c2cccc(F)c2F)C3)cnn1CC(C)F. The average molecular weight is 497 g/mol. The van der Waals surface area contributed by atoms with Gasteiger partial charge in [-0.05, 0) is 19.9 Å². The molecular formula is C21H22F3N5O4S. The second-order valence-electron chi connectivity index (χ2n) is 8.11. The minimum absolute atomic E-state index is 0.0191. The number of rotatable bonds is 7. The van der Waals surface area contributed by atoms with Gasteiger partial charge in [0.15, 0.2) is 11.6 Å². The number of aliphatic hydroxyl groups is 1. The summed E-state index contributed by atoms with van der Waals surface area (Å²) in [6.45, 7) is 1.94. The topological polar surface area (TPSA) is 110 Å². The van der Waals surface area contributed by atoms with Gasteiger partial charge in [-0.15, -0.1) is 0 Å². The number of hydrogen-bond acceptors (Lipinski definition) is 6. The van der Waals surface area contributed by atoms with E-state index in [9.17, 15) is 31.5 Å². The molecule has 2 aromatic heterocycles. The molecule has 3 heterocycles. The van der Waals surface area contributed by atoms with Crippen LogP contribution in [0.5, 0.6) is 0 Å². The third kappa shape index (κ3) is 4.09. The normalized spacial score (nSPS) is 15.4. The monoisotopic (exact) mass is 497 g/mol. The zero-order valence-corrected chi connectivity index (χ0v) is 19.1. The van der Waals surface area contributed by atoms with Crippen LogP contribution in [-0.4, -0.2) is 56.1 Å². The predicted molar refractivity (Wildman–Crippen MR) is 113 cm³/mol. The first kappa shape index (κ1) is 24.0. The Morgan fingerprint density at radius 2 is 2.00 bits per heavy atom. The van der Waals surface area contributed by atoms with E-state index in [1.165, 1.54) is 41.8 Å². The summed E-state index contributed by atoms with van der Waals surface area (Å²) < 4.78 is 69.2. The largest absolute Gasteiger partial charge is 0.395 e. The Morgan fingerprint density at radius 3 is 2.65 bits per heavy atom. The van der Waals surface area contributed by atoms with Crippen LogP contribution in [0.4, 0.5) is 13.2 Å². The summed E-state index contributed by atoms with van der Waals surface area (Å²) in [5, 5.41) is 17.7. The van der Waals surface area contributed by atoms with E-state index in [0.717, 1.165) is 16.4 Å². The summed E-state index contributed by atoms with van der Waals surface area (Å²) in [4.78, 5) is 14.1. The van der Waals surface area contributed by atoms with E-state index in [-0.39, 0.29) is 35.8 Å². The molecule has 1 amide bonds. The highest BCUT2D eigenvalue weighted by Crippen LogP contribution is 2.29. The molecule has 0 fully saturated rings. The van der Waals surface area contributed by atoms with Crippen LogP contribution < -0.4 is 0 Å². The zero-order chi connectivity index (χ0) is 24.8. The molecule has 1 aliphatic heterocycles. The molecular weight excluding hydrogens is 475 g/mol. The van der Waals surface area contributed by atoms with Crippen molar-refractivity contribution >= 4 is 15.9 Å². The Kier molecular flexibility index (Phi) is 6.25.